The average Bonchev–Trinajstić information content (AvgIpc) is 2.84. The number of benzene rings is 1. The summed E-state index contributed by atoms with van der Waals surface area (Å²) in [5.41, 5.74) is 3.53. The van der Waals surface area contributed by atoms with Crippen molar-refractivity contribution in [2.75, 3.05) is 7.05 Å². The quantitative estimate of drug-likeness (QED) is 0.842. The van der Waals surface area contributed by atoms with E-state index in [2.05, 4.69) is 29.2 Å². The number of amides is 1. The Morgan fingerprint density at radius 2 is 2.10 bits per heavy atom. The molecule has 0 fully saturated rings. The normalized spacial score (nSPS) is 17.4. The predicted molar refractivity (Wildman–Crippen MR) is 85.8 cm³/mol. The summed E-state index contributed by atoms with van der Waals surface area (Å²) in [6, 6.07) is 8.68. The summed E-state index contributed by atoms with van der Waals surface area (Å²) < 4.78 is 0. The van der Waals surface area contributed by atoms with E-state index in [0.717, 1.165) is 34.8 Å². The molecule has 1 heterocycles. The van der Waals surface area contributed by atoms with Crippen LogP contribution in [0, 0.1) is 13.8 Å². The lowest BCUT2D eigenvalue weighted by molar-refractivity contribution is 0.0719. The van der Waals surface area contributed by atoms with Crippen LogP contribution < -0.4 is 0 Å². The predicted octanol–water partition coefficient (Wildman–Crippen LogP) is 3.91. The molecule has 0 N–H and O–H groups in total. The fraction of sp³-hybridized carbons (Fsp3) is 0.412. The first-order chi connectivity index (χ1) is 10.1. The lowest BCUT2D eigenvalue weighted by atomic mass is 9.87. The Morgan fingerprint density at radius 1 is 1.33 bits per heavy atom. The highest BCUT2D eigenvalue weighted by Gasteiger charge is 2.28. The van der Waals surface area contributed by atoms with E-state index in [4.69, 9.17) is 0 Å². The molecule has 1 aliphatic rings. The van der Waals surface area contributed by atoms with Crippen LogP contribution in [0.5, 0.6) is 0 Å². The van der Waals surface area contributed by atoms with Crippen molar-refractivity contribution in [1.82, 2.24) is 9.88 Å². The molecule has 1 aromatic heterocycles. The third-order valence-electron chi connectivity index (χ3n) is 4.22. The van der Waals surface area contributed by atoms with E-state index in [1.165, 1.54) is 22.5 Å². The first-order valence-corrected chi connectivity index (χ1v) is 8.18. The van der Waals surface area contributed by atoms with E-state index < -0.39 is 0 Å². The van der Waals surface area contributed by atoms with Crippen molar-refractivity contribution < 1.29 is 4.79 Å². The molecular formula is C17H20N2OS. The molecule has 110 valence electrons. The maximum atomic E-state index is 12.8. The van der Waals surface area contributed by atoms with Gasteiger partial charge in [-0.3, -0.25) is 4.79 Å². The number of nitrogens with zero attached hydrogens (tertiary/aromatic N) is 2. The van der Waals surface area contributed by atoms with Crippen molar-refractivity contribution in [3.8, 4) is 0 Å². The van der Waals surface area contributed by atoms with Crippen LogP contribution in [-0.2, 0) is 6.42 Å². The number of thiazole rings is 1. The Kier molecular flexibility index (Phi) is 3.81. The fourth-order valence-electron chi connectivity index (χ4n) is 3.16. The molecule has 3 nitrogen and oxygen atoms in total. The summed E-state index contributed by atoms with van der Waals surface area (Å²) in [6.45, 7) is 3.86. The van der Waals surface area contributed by atoms with Crippen molar-refractivity contribution in [3.05, 3.63) is 51.0 Å². The highest BCUT2D eigenvalue weighted by Crippen LogP contribution is 2.34. The van der Waals surface area contributed by atoms with Crippen molar-refractivity contribution in [2.45, 2.75) is 39.2 Å². The van der Waals surface area contributed by atoms with Gasteiger partial charge in [-0.15, -0.1) is 11.3 Å². The molecule has 0 spiro atoms. The number of fused-ring (bicyclic) bond motifs is 1. The SMILES string of the molecule is Cc1nc(C)c(C(=O)N(C)[C@@H]2CCCc3ccccc32)s1. The zero-order chi connectivity index (χ0) is 15.0. The molecular weight excluding hydrogens is 280 g/mol. The van der Waals surface area contributed by atoms with Crippen LogP contribution in [0.4, 0.5) is 0 Å². The molecule has 0 bridgehead atoms. The molecule has 1 aromatic carbocycles. The standard InChI is InChI=1S/C17H20N2OS/c1-11-16(21-12(2)18-11)17(20)19(3)15-10-6-8-13-7-4-5-9-14(13)15/h4-5,7,9,15H,6,8,10H2,1-3H3/t15-/m1/s1. The van der Waals surface area contributed by atoms with Gasteiger partial charge in [-0.1, -0.05) is 24.3 Å². The zero-order valence-corrected chi connectivity index (χ0v) is 13.5. The molecule has 1 aliphatic carbocycles. The maximum Gasteiger partial charge on any atom is 0.266 e. The molecule has 1 amide bonds. The van der Waals surface area contributed by atoms with E-state index in [9.17, 15) is 4.79 Å². The largest absolute Gasteiger partial charge is 0.334 e. The van der Waals surface area contributed by atoms with Gasteiger partial charge < -0.3 is 4.90 Å². The molecule has 4 heteroatoms. The third kappa shape index (κ3) is 2.60. The molecule has 0 unspecified atom stereocenters. The van der Waals surface area contributed by atoms with Crippen LogP contribution in [0.15, 0.2) is 24.3 Å². The van der Waals surface area contributed by atoms with Crippen molar-refractivity contribution >= 4 is 17.2 Å². The van der Waals surface area contributed by atoms with Gasteiger partial charge in [0.25, 0.3) is 5.91 Å². The van der Waals surface area contributed by atoms with Gasteiger partial charge in [0.05, 0.1) is 16.7 Å². The average molecular weight is 300 g/mol. The van der Waals surface area contributed by atoms with Gasteiger partial charge >= 0.3 is 0 Å². The molecule has 0 radical (unpaired) electrons. The van der Waals surface area contributed by atoms with Crippen LogP contribution >= 0.6 is 11.3 Å². The first-order valence-electron chi connectivity index (χ1n) is 7.37. The summed E-state index contributed by atoms with van der Waals surface area (Å²) in [6.07, 6.45) is 3.30. The molecule has 1 atom stereocenters. The Hall–Kier alpha value is -1.68. The van der Waals surface area contributed by atoms with E-state index in [1.807, 2.05) is 25.8 Å². The van der Waals surface area contributed by atoms with Crippen molar-refractivity contribution in [3.63, 3.8) is 0 Å². The highest BCUT2D eigenvalue weighted by molar-refractivity contribution is 7.13. The second kappa shape index (κ2) is 5.60. The summed E-state index contributed by atoms with van der Waals surface area (Å²) in [4.78, 5) is 19.8. The van der Waals surface area contributed by atoms with Crippen LogP contribution in [0.2, 0.25) is 0 Å². The maximum absolute atomic E-state index is 12.8. The number of rotatable bonds is 2. The summed E-state index contributed by atoms with van der Waals surface area (Å²) in [7, 11) is 1.92. The van der Waals surface area contributed by atoms with Crippen molar-refractivity contribution in [1.29, 1.82) is 0 Å². The van der Waals surface area contributed by atoms with Gasteiger partial charge in [-0.2, -0.15) is 0 Å². The van der Waals surface area contributed by atoms with Gasteiger partial charge in [0, 0.05) is 7.05 Å². The fourth-order valence-corrected chi connectivity index (χ4v) is 4.06. The minimum absolute atomic E-state index is 0.0970. The van der Waals surface area contributed by atoms with E-state index >= 15 is 0 Å². The number of hydrogen-bond acceptors (Lipinski definition) is 3. The minimum atomic E-state index is 0.0970. The Labute approximate surface area is 129 Å². The highest BCUT2D eigenvalue weighted by atomic mass is 32.1. The van der Waals surface area contributed by atoms with Gasteiger partial charge in [0.2, 0.25) is 0 Å². The first kappa shape index (κ1) is 14.3. The summed E-state index contributed by atoms with van der Waals surface area (Å²) >= 11 is 1.49. The molecule has 0 aliphatic heterocycles. The third-order valence-corrected chi connectivity index (χ3v) is 5.28. The second-order valence-corrected chi connectivity index (χ2v) is 6.87. The minimum Gasteiger partial charge on any atom is -0.334 e. The molecule has 0 saturated heterocycles. The van der Waals surface area contributed by atoms with Crippen molar-refractivity contribution in [2.24, 2.45) is 0 Å². The molecule has 3 rings (SSSR count). The van der Waals surface area contributed by atoms with Crippen LogP contribution in [-0.4, -0.2) is 22.8 Å². The monoisotopic (exact) mass is 300 g/mol. The second-order valence-electron chi connectivity index (χ2n) is 5.67. The number of hydrogen-bond donors (Lipinski definition) is 0. The van der Waals surface area contributed by atoms with E-state index in [-0.39, 0.29) is 11.9 Å². The van der Waals surface area contributed by atoms with Gasteiger partial charge in [-0.05, 0) is 44.2 Å². The molecule has 21 heavy (non-hydrogen) atoms. The number of aromatic nitrogens is 1. The van der Waals surface area contributed by atoms with Gasteiger partial charge in [0.15, 0.2) is 0 Å². The summed E-state index contributed by atoms with van der Waals surface area (Å²) in [5, 5.41) is 0.952. The molecule has 0 saturated carbocycles. The van der Waals surface area contributed by atoms with Gasteiger partial charge in [0.1, 0.15) is 4.88 Å². The Bertz CT molecular complexity index is 677. The number of aryl methyl sites for hydroxylation is 3. The topological polar surface area (TPSA) is 33.2 Å². The van der Waals surface area contributed by atoms with Crippen LogP contribution in [0.25, 0.3) is 0 Å². The Morgan fingerprint density at radius 3 is 2.81 bits per heavy atom. The summed E-state index contributed by atoms with van der Waals surface area (Å²) in [5.74, 6) is 0.0970. The van der Waals surface area contributed by atoms with Crippen LogP contribution in [0.1, 0.15) is 50.4 Å². The number of carbonyl (C=O) groups excluding carboxylic acids is 1. The smallest absolute Gasteiger partial charge is 0.266 e. The Balaban J connectivity index is 1.91. The zero-order valence-electron chi connectivity index (χ0n) is 12.7. The number of carbonyl (C=O) groups is 1. The van der Waals surface area contributed by atoms with Gasteiger partial charge in [-0.25, -0.2) is 4.98 Å². The van der Waals surface area contributed by atoms with Crippen LogP contribution in [0.3, 0.4) is 0 Å². The molecule has 2 aromatic rings. The van der Waals surface area contributed by atoms with E-state index in [1.54, 1.807) is 0 Å². The van der Waals surface area contributed by atoms with E-state index in [0.29, 0.717) is 0 Å². The lowest BCUT2D eigenvalue weighted by Crippen LogP contribution is -2.33. The lowest BCUT2D eigenvalue weighted by Gasteiger charge is -2.33.